The fourth-order valence-electron chi connectivity index (χ4n) is 2.19. The Hall–Kier alpha value is -2.42. The minimum absolute atomic E-state index is 0.0165. The summed E-state index contributed by atoms with van der Waals surface area (Å²) in [7, 11) is -4.00. The van der Waals surface area contributed by atoms with E-state index in [1.165, 1.54) is 12.1 Å². The van der Waals surface area contributed by atoms with Crippen molar-refractivity contribution in [3.05, 3.63) is 58.1 Å². The van der Waals surface area contributed by atoms with Gasteiger partial charge in [-0.05, 0) is 43.7 Å². The average molecular weight is 397 g/mol. The maximum atomic E-state index is 12.1. The molecule has 0 atom stereocenters. The lowest BCUT2D eigenvalue weighted by atomic mass is 10.1. The van der Waals surface area contributed by atoms with Crippen molar-refractivity contribution in [1.29, 1.82) is 0 Å². The van der Waals surface area contributed by atoms with Crippen LogP contribution in [0, 0.1) is 13.8 Å². The number of primary sulfonamides is 1. The van der Waals surface area contributed by atoms with E-state index in [4.69, 9.17) is 21.5 Å². The molecule has 2 rings (SSSR count). The molecule has 0 fully saturated rings. The van der Waals surface area contributed by atoms with E-state index >= 15 is 0 Å². The topological polar surface area (TPSA) is 116 Å². The van der Waals surface area contributed by atoms with Gasteiger partial charge in [-0.2, -0.15) is 0 Å². The molecule has 0 saturated carbocycles. The standard InChI is InChI=1S/C17H17ClN2O5S/c1-10-3-6-15(11(2)7-10)20-16(21)9-25-17(22)13-8-12(26(19,23)24)4-5-14(13)18/h3-8H,9H2,1-2H3,(H,20,21)(H2,19,23,24). The quantitative estimate of drug-likeness (QED) is 0.753. The van der Waals surface area contributed by atoms with E-state index in [1.54, 1.807) is 6.07 Å². The van der Waals surface area contributed by atoms with E-state index in [2.05, 4.69) is 5.32 Å². The smallest absolute Gasteiger partial charge is 0.340 e. The monoisotopic (exact) mass is 396 g/mol. The molecule has 2 aromatic carbocycles. The zero-order valence-corrected chi connectivity index (χ0v) is 15.6. The number of hydrogen-bond acceptors (Lipinski definition) is 5. The van der Waals surface area contributed by atoms with Crippen LogP contribution in [0.2, 0.25) is 5.02 Å². The summed E-state index contributed by atoms with van der Waals surface area (Å²) < 4.78 is 27.6. The molecule has 0 aliphatic rings. The number of rotatable bonds is 5. The predicted molar refractivity (Wildman–Crippen MR) is 97.7 cm³/mol. The van der Waals surface area contributed by atoms with Crippen LogP contribution in [0.1, 0.15) is 21.5 Å². The van der Waals surface area contributed by atoms with E-state index in [0.717, 1.165) is 17.2 Å². The van der Waals surface area contributed by atoms with Gasteiger partial charge in [-0.15, -0.1) is 0 Å². The van der Waals surface area contributed by atoms with Gasteiger partial charge in [-0.1, -0.05) is 29.3 Å². The minimum Gasteiger partial charge on any atom is -0.452 e. The lowest BCUT2D eigenvalue weighted by Gasteiger charge is -2.10. The molecular formula is C17H17ClN2O5S. The Kier molecular flexibility index (Phi) is 6.01. The predicted octanol–water partition coefficient (Wildman–Crippen LogP) is 2.40. The Morgan fingerprint density at radius 1 is 1.15 bits per heavy atom. The van der Waals surface area contributed by atoms with Crippen LogP contribution in [-0.4, -0.2) is 26.9 Å². The zero-order valence-electron chi connectivity index (χ0n) is 14.1. The van der Waals surface area contributed by atoms with Gasteiger partial charge in [0.15, 0.2) is 6.61 Å². The van der Waals surface area contributed by atoms with Gasteiger partial charge in [0.05, 0.1) is 15.5 Å². The van der Waals surface area contributed by atoms with Crippen LogP contribution >= 0.6 is 11.6 Å². The van der Waals surface area contributed by atoms with E-state index in [-0.39, 0.29) is 15.5 Å². The third-order valence-electron chi connectivity index (χ3n) is 3.48. The Morgan fingerprint density at radius 2 is 1.85 bits per heavy atom. The number of anilines is 1. The third kappa shape index (κ3) is 5.04. The van der Waals surface area contributed by atoms with Gasteiger partial charge in [0.1, 0.15) is 0 Å². The lowest BCUT2D eigenvalue weighted by Crippen LogP contribution is -2.22. The number of nitrogens with two attached hydrogens (primary N) is 1. The fourth-order valence-corrected chi connectivity index (χ4v) is 2.92. The molecule has 0 bridgehead atoms. The highest BCUT2D eigenvalue weighted by Gasteiger charge is 2.18. The Labute approximate surface area is 156 Å². The summed E-state index contributed by atoms with van der Waals surface area (Å²) in [6, 6.07) is 8.88. The molecule has 0 spiro atoms. The minimum atomic E-state index is -4.00. The summed E-state index contributed by atoms with van der Waals surface area (Å²) in [6.07, 6.45) is 0. The highest BCUT2D eigenvalue weighted by atomic mass is 35.5. The Morgan fingerprint density at radius 3 is 2.46 bits per heavy atom. The molecule has 0 unspecified atom stereocenters. The number of aryl methyl sites for hydroxylation is 2. The first-order valence-corrected chi connectivity index (χ1v) is 9.37. The zero-order chi connectivity index (χ0) is 19.5. The van der Waals surface area contributed by atoms with Crippen molar-refractivity contribution in [3.63, 3.8) is 0 Å². The molecule has 26 heavy (non-hydrogen) atoms. The second-order valence-corrected chi connectivity index (χ2v) is 7.60. The van der Waals surface area contributed by atoms with Gasteiger partial charge in [-0.3, -0.25) is 4.79 Å². The van der Waals surface area contributed by atoms with Crippen molar-refractivity contribution in [2.75, 3.05) is 11.9 Å². The molecule has 0 aliphatic carbocycles. The summed E-state index contributed by atoms with van der Waals surface area (Å²) >= 11 is 5.88. The summed E-state index contributed by atoms with van der Waals surface area (Å²) in [6.45, 7) is 3.22. The second-order valence-electron chi connectivity index (χ2n) is 5.63. The van der Waals surface area contributed by atoms with E-state index in [0.29, 0.717) is 5.69 Å². The number of carbonyl (C=O) groups is 2. The first kappa shape index (κ1) is 19.9. The van der Waals surface area contributed by atoms with E-state index < -0.39 is 28.5 Å². The van der Waals surface area contributed by atoms with Crippen molar-refractivity contribution in [3.8, 4) is 0 Å². The second kappa shape index (κ2) is 7.86. The SMILES string of the molecule is Cc1ccc(NC(=O)COC(=O)c2cc(S(N)(=O)=O)ccc2Cl)c(C)c1. The first-order chi connectivity index (χ1) is 12.1. The molecule has 0 radical (unpaired) electrons. The molecule has 9 heteroatoms. The van der Waals surface area contributed by atoms with Crippen molar-refractivity contribution >= 4 is 39.2 Å². The van der Waals surface area contributed by atoms with Crippen molar-refractivity contribution in [2.45, 2.75) is 18.7 Å². The van der Waals surface area contributed by atoms with Crippen LogP contribution in [-0.2, 0) is 19.6 Å². The highest BCUT2D eigenvalue weighted by molar-refractivity contribution is 7.89. The largest absolute Gasteiger partial charge is 0.452 e. The first-order valence-electron chi connectivity index (χ1n) is 7.44. The number of carbonyl (C=O) groups excluding carboxylic acids is 2. The number of halogens is 1. The Bertz CT molecular complexity index is 973. The number of esters is 1. The summed E-state index contributed by atoms with van der Waals surface area (Å²) in [5.41, 5.74) is 2.33. The van der Waals surface area contributed by atoms with Crippen molar-refractivity contribution in [2.24, 2.45) is 5.14 Å². The van der Waals surface area contributed by atoms with Gasteiger partial charge in [0, 0.05) is 5.69 Å². The molecule has 1 amide bonds. The average Bonchev–Trinajstić information content (AvgIpc) is 2.54. The lowest BCUT2D eigenvalue weighted by molar-refractivity contribution is -0.119. The van der Waals surface area contributed by atoms with Crippen LogP contribution in [0.25, 0.3) is 0 Å². The van der Waals surface area contributed by atoms with Crippen LogP contribution in [0.5, 0.6) is 0 Å². The summed E-state index contributed by atoms with van der Waals surface area (Å²) in [5.74, 6) is -1.47. The number of sulfonamides is 1. The van der Waals surface area contributed by atoms with Gasteiger partial charge in [0.2, 0.25) is 10.0 Å². The van der Waals surface area contributed by atoms with Crippen LogP contribution < -0.4 is 10.5 Å². The molecule has 0 aliphatic heterocycles. The van der Waals surface area contributed by atoms with E-state index in [9.17, 15) is 18.0 Å². The highest BCUT2D eigenvalue weighted by Crippen LogP contribution is 2.21. The maximum Gasteiger partial charge on any atom is 0.340 e. The van der Waals surface area contributed by atoms with Crippen LogP contribution in [0.3, 0.4) is 0 Å². The number of hydrogen-bond donors (Lipinski definition) is 2. The van der Waals surface area contributed by atoms with Crippen LogP contribution in [0.15, 0.2) is 41.3 Å². The molecule has 0 aromatic heterocycles. The molecular weight excluding hydrogens is 380 g/mol. The number of amides is 1. The molecule has 2 aromatic rings. The van der Waals surface area contributed by atoms with Gasteiger partial charge < -0.3 is 10.1 Å². The van der Waals surface area contributed by atoms with E-state index in [1.807, 2.05) is 26.0 Å². The molecule has 138 valence electrons. The van der Waals surface area contributed by atoms with Gasteiger partial charge in [-0.25, -0.2) is 18.4 Å². The number of nitrogens with one attached hydrogen (secondary N) is 1. The molecule has 3 N–H and O–H groups in total. The van der Waals surface area contributed by atoms with Gasteiger partial charge >= 0.3 is 5.97 Å². The number of benzene rings is 2. The molecule has 0 saturated heterocycles. The van der Waals surface area contributed by atoms with Crippen molar-refractivity contribution in [1.82, 2.24) is 0 Å². The maximum absolute atomic E-state index is 12.1. The number of ether oxygens (including phenoxy) is 1. The summed E-state index contributed by atoms with van der Waals surface area (Å²) in [4.78, 5) is 23.8. The summed E-state index contributed by atoms with van der Waals surface area (Å²) in [5, 5.41) is 7.63. The van der Waals surface area contributed by atoms with Crippen LogP contribution in [0.4, 0.5) is 5.69 Å². The molecule has 0 heterocycles. The molecule has 7 nitrogen and oxygen atoms in total. The van der Waals surface area contributed by atoms with Crippen molar-refractivity contribution < 1.29 is 22.7 Å². The van der Waals surface area contributed by atoms with Gasteiger partial charge in [0.25, 0.3) is 5.91 Å². The fraction of sp³-hybridized carbons (Fsp3) is 0.176. The normalized spacial score (nSPS) is 11.1. The Balaban J connectivity index is 2.05. The third-order valence-corrected chi connectivity index (χ3v) is 4.72.